The average molecular weight is 282 g/mol. The molecule has 1 saturated heterocycles. The molecule has 0 bridgehead atoms. The lowest BCUT2D eigenvalue weighted by molar-refractivity contribution is -0.402. The number of nitrogens with one attached hydrogen (secondary N) is 1. The van der Waals surface area contributed by atoms with Gasteiger partial charge in [0.25, 0.3) is 5.91 Å². The molecule has 0 radical (unpaired) electrons. The van der Waals surface area contributed by atoms with Crippen LogP contribution in [0.1, 0.15) is 5.76 Å². The van der Waals surface area contributed by atoms with E-state index in [0.717, 1.165) is 11.8 Å². The Kier molecular flexibility index (Phi) is 3.58. The van der Waals surface area contributed by atoms with Crippen LogP contribution in [0.3, 0.4) is 0 Å². The highest BCUT2D eigenvalue weighted by molar-refractivity contribution is 8.26. The van der Waals surface area contributed by atoms with Crippen molar-refractivity contribution < 1.29 is 14.1 Å². The van der Waals surface area contributed by atoms with Gasteiger partial charge in [-0.05, 0) is 18.2 Å². The first-order chi connectivity index (χ1) is 8.56. The molecular weight excluding hydrogens is 276 g/mol. The lowest BCUT2D eigenvalue weighted by Gasteiger charge is -1.86. The van der Waals surface area contributed by atoms with Gasteiger partial charge in [-0.3, -0.25) is 14.9 Å². The molecule has 2 rings (SSSR count). The highest BCUT2D eigenvalue weighted by atomic mass is 32.2. The van der Waals surface area contributed by atoms with Gasteiger partial charge >= 0.3 is 5.88 Å². The smallest absolute Gasteiger partial charge is 0.401 e. The summed E-state index contributed by atoms with van der Waals surface area (Å²) in [6.45, 7) is 0. The molecule has 0 unspecified atom stereocenters. The van der Waals surface area contributed by atoms with Crippen LogP contribution in [0, 0.1) is 10.1 Å². The topological polar surface area (TPSA) is 85.4 Å². The molecule has 1 aromatic rings. The second-order valence-corrected chi connectivity index (χ2v) is 4.89. The number of hydrogen-bond donors (Lipinski definition) is 1. The zero-order chi connectivity index (χ0) is 13.1. The van der Waals surface area contributed by atoms with Gasteiger partial charge in [-0.25, -0.2) is 0 Å². The Bertz CT molecular complexity index is 588. The Hall–Kier alpha value is -1.93. The van der Waals surface area contributed by atoms with Gasteiger partial charge in [-0.1, -0.05) is 30.1 Å². The Morgan fingerprint density at radius 2 is 2.28 bits per heavy atom. The number of nitrogens with zero attached hydrogens (tertiary/aromatic N) is 1. The normalized spacial score (nSPS) is 17.7. The molecule has 0 aromatic carbocycles. The van der Waals surface area contributed by atoms with E-state index in [0.29, 0.717) is 15.0 Å². The second-order valence-electron chi connectivity index (χ2n) is 3.17. The maximum atomic E-state index is 11.3. The molecule has 1 aliphatic heterocycles. The first-order valence-electron chi connectivity index (χ1n) is 4.72. The largest absolute Gasteiger partial charge is 0.433 e. The van der Waals surface area contributed by atoms with Crippen molar-refractivity contribution in [2.24, 2.45) is 0 Å². The molecule has 0 spiro atoms. The fourth-order valence-electron chi connectivity index (χ4n) is 1.20. The fourth-order valence-corrected chi connectivity index (χ4v) is 2.19. The third-order valence-corrected chi connectivity index (χ3v) is 3.12. The molecule has 1 aromatic heterocycles. The highest BCUT2D eigenvalue weighted by Crippen LogP contribution is 2.23. The van der Waals surface area contributed by atoms with Crippen LogP contribution < -0.4 is 5.32 Å². The Balaban J connectivity index is 2.07. The minimum atomic E-state index is -0.617. The maximum Gasteiger partial charge on any atom is 0.433 e. The lowest BCUT2D eigenvalue weighted by atomic mass is 10.3. The molecule has 1 N–H and O–H groups in total. The van der Waals surface area contributed by atoms with Crippen molar-refractivity contribution in [3.05, 3.63) is 45.1 Å². The summed E-state index contributed by atoms with van der Waals surface area (Å²) in [5.74, 6) is -0.235. The molecule has 6 nitrogen and oxygen atoms in total. The van der Waals surface area contributed by atoms with Gasteiger partial charge in [0.1, 0.15) is 15.0 Å². The van der Waals surface area contributed by atoms with Gasteiger partial charge in [0, 0.05) is 0 Å². The third-order valence-electron chi connectivity index (χ3n) is 1.94. The van der Waals surface area contributed by atoms with Crippen LogP contribution in [-0.2, 0) is 4.79 Å². The van der Waals surface area contributed by atoms with E-state index in [9.17, 15) is 14.9 Å². The van der Waals surface area contributed by atoms with E-state index in [1.807, 2.05) is 0 Å². The number of rotatable bonds is 3. The van der Waals surface area contributed by atoms with Gasteiger partial charge in [0.2, 0.25) is 0 Å². The number of amides is 1. The van der Waals surface area contributed by atoms with Gasteiger partial charge in [-0.15, -0.1) is 0 Å². The van der Waals surface area contributed by atoms with Crippen LogP contribution in [0.15, 0.2) is 33.6 Å². The van der Waals surface area contributed by atoms with Crippen LogP contribution >= 0.6 is 24.0 Å². The number of furan rings is 1. The minimum absolute atomic E-state index is 0.250. The minimum Gasteiger partial charge on any atom is -0.401 e. The number of hydrogen-bond acceptors (Lipinski definition) is 6. The molecule has 0 saturated carbocycles. The molecule has 0 aliphatic carbocycles. The Morgan fingerprint density at radius 3 is 2.83 bits per heavy atom. The Labute approximate surface area is 111 Å². The third kappa shape index (κ3) is 2.84. The summed E-state index contributed by atoms with van der Waals surface area (Å²) >= 11 is 5.98. The number of thioether (sulfide) groups is 1. The maximum absolute atomic E-state index is 11.3. The zero-order valence-corrected chi connectivity index (χ0v) is 10.4. The lowest BCUT2D eigenvalue weighted by Crippen LogP contribution is -2.17. The van der Waals surface area contributed by atoms with Crippen molar-refractivity contribution in [3.8, 4) is 0 Å². The summed E-state index contributed by atoms with van der Waals surface area (Å²) in [4.78, 5) is 21.5. The van der Waals surface area contributed by atoms with E-state index < -0.39 is 4.92 Å². The average Bonchev–Trinajstić information content (AvgIpc) is 2.87. The monoisotopic (exact) mass is 282 g/mol. The van der Waals surface area contributed by atoms with Crippen molar-refractivity contribution in [1.29, 1.82) is 0 Å². The first kappa shape index (κ1) is 12.5. The SMILES string of the molecule is O=C1NC(=S)S/C1=C\C=C\c1ccc([N+](=O)[O-])o1. The summed E-state index contributed by atoms with van der Waals surface area (Å²) < 4.78 is 5.32. The van der Waals surface area contributed by atoms with Crippen LogP contribution in [0.25, 0.3) is 6.08 Å². The van der Waals surface area contributed by atoms with Gasteiger partial charge in [0.05, 0.1) is 11.0 Å². The fraction of sp³-hybridized carbons (Fsp3) is 0. The van der Waals surface area contributed by atoms with Crippen LogP contribution in [0.4, 0.5) is 5.88 Å². The van der Waals surface area contributed by atoms with Crippen molar-refractivity contribution >= 4 is 46.2 Å². The summed E-state index contributed by atoms with van der Waals surface area (Å²) in [5, 5.41) is 12.9. The molecule has 1 amide bonds. The standard InChI is InChI=1S/C10H6N2O4S2/c13-9-7(18-10(17)11-9)3-1-2-6-4-5-8(16-6)12(14)15/h1-5H,(H,11,13,17)/b2-1+,7-3-. The predicted molar refractivity (Wildman–Crippen MR) is 70.8 cm³/mol. The number of nitro groups is 1. The van der Waals surface area contributed by atoms with E-state index in [-0.39, 0.29) is 11.8 Å². The number of allylic oxidation sites excluding steroid dienone is 2. The van der Waals surface area contributed by atoms with Crippen molar-refractivity contribution in [2.45, 2.75) is 0 Å². The van der Waals surface area contributed by atoms with Crippen molar-refractivity contribution in [2.75, 3.05) is 0 Å². The summed E-state index contributed by atoms with van der Waals surface area (Å²) in [5.41, 5.74) is 0. The van der Waals surface area contributed by atoms with Crippen molar-refractivity contribution in [1.82, 2.24) is 5.32 Å². The summed E-state index contributed by atoms with van der Waals surface area (Å²) in [7, 11) is 0. The van der Waals surface area contributed by atoms with E-state index >= 15 is 0 Å². The molecule has 1 fully saturated rings. The van der Waals surface area contributed by atoms with Gasteiger partial charge < -0.3 is 9.73 Å². The Morgan fingerprint density at radius 1 is 1.50 bits per heavy atom. The quantitative estimate of drug-likeness (QED) is 0.396. The molecule has 8 heteroatoms. The molecule has 18 heavy (non-hydrogen) atoms. The molecular formula is C10H6N2O4S2. The molecule has 0 atom stereocenters. The zero-order valence-electron chi connectivity index (χ0n) is 8.78. The summed E-state index contributed by atoms with van der Waals surface area (Å²) in [6.07, 6.45) is 4.65. The van der Waals surface area contributed by atoms with Crippen molar-refractivity contribution in [3.63, 3.8) is 0 Å². The van der Waals surface area contributed by atoms with E-state index in [1.54, 1.807) is 12.2 Å². The first-order valence-corrected chi connectivity index (χ1v) is 5.94. The predicted octanol–water partition coefficient (Wildman–Crippen LogP) is 2.23. The number of thiocarbonyl (C=S) groups is 1. The van der Waals surface area contributed by atoms with E-state index in [4.69, 9.17) is 16.6 Å². The van der Waals surface area contributed by atoms with Crippen LogP contribution in [-0.4, -0.2) is 15.2 Å². The number of carbonyl (C=O) groups excluding carboxylic acids is 1. The van der Waals surface area contributed by atoms with Gasteiger partial charge in [-0.2, -0.15) is 0 Å². The molecule has 2 heterocycles. The summed E-state index contributed by atoms with van der Waals surface area (Å²) in [6, 6.07) is 2.73. The van der Waals surface area contributed by atoms with Crippen LogP contribution in [0.2, 0.25) is 0 Å². The van der Waals surface area contributed by atoms with E-state index in [1.165, 1.54) is 18.2 Å². The molecule has 92 valence electrons. The van der Waals surface area contributed by atoms with Crippen LogP contribution in [0.5, 0.6) is 0 Å². The highest BCUT2D eigenvalue weighted by Gasteiger charge is 2.21. The van der Waals surface area contributed by atoms with E-state index in [2.05, 4.69) is 5.32 Å². The van der Waals surface area contributed by atoms with Gasteiger partial charge in [0.15, 0.2) is 0 Å². The number of carbonyl (C=O) groups is 1. The molecule has 1 aliphatic rings. The second kappa shape index (κ2) is 5.15.